The molecule has 0 saturated carbocycles. The van der Waals surface area contributed by atoms with E-state index < -0.39 is 5.97 Å². The lowest BCUT2D eigenvalue weighted by Gasteiger charge is -2.11. The van der Waals surface area contributed by atoms with E-state index in [1.807, 2.05) is 24.3 Å². The fraction of sp³-hybridized carbons (Fsp3) is 0.292. The van der Waals surface area contributed by atoms with E-state index in [4.69, 9.17) is 14.2 Å². The molecule has 1 heterocycles. The molecule has 6 nitrogen and oxygen atoms in total. The smallest absolute Gasteiger partial charge is 0.339 e. The van der Waals surface area contributed by atoms with Gasteiger partial charge in [0.15, 0.2) is 23.9 Å². The van der Waals surface area contributed by atoms with Crippen LogP contribution >= 0.6 is 0 Å². The number of ether oxygens (including phenoxy) is 3. The van der Waals surface area contributed by atoms with E-state index in [9.17, 15) is 9.59 Å². The third-order valence-corrected chi connectivity index (χ3v) is 4.65. The highest BCUT2D eigenvalue weighted by Gasteiger charge is 2.18. The molecule has 0 amide bonds. The second-order valence-corrected chi connectivity index (χ2v) is 7.35. The van der Waals surface area contributed by atoms with Crippen molar-refractivity contribution in [2.75, 3.05) is 20.8 Å². The number of aromatic nitrogens is 1. The van der Waals surface area contributed by atoms with Crippen molar-refractivity contribution in [2.45, 2.75) is 20.3 Å². The van der Waals surface area contributed by atoms with E-state index in [0.717, 1.165) is 17.6 Å². The van der Waals surface area contributed by atoms with Gasteiger partial charge in [0.25, 0.3) is 0 Å². The van der Waals surface area contributed by atoms with Crippen LogP contribution in [0.25, 0.3) is 10.9 Å². The average molecular weight is 407 g/mol. The van der Waals surface area contributed by atoms with Crippen LogP contribution in [0.15, 0.2) is 48.5 Å². The summed E-state index contributed by atoms with van der Waals surface area (Å²) < 4.78 is 15.8. The minimum Gasteiger partial charge on any atom is -0.493 e. The van der Waals surface area contributed by atoms with Gasteiger partial charge in [0.05, 0.1) is 25.3 Å². The van der Waals surface area contributed by atoms with Crippen molar-refractivity contribution in [2.24, 2.45) is 5.92 Å². The summed E-state index contributed by atoms with van der Waals surface area (Å²) in [5.74, 6) is 0.478. The topological polar surface area (TPSA) is 74.7 Å². The summed E-state index contributed by atoms with van der Waals surface area (Å²) >= 11 is 0. The monoisotopic (exact) mass is 407 g/mol. The number of hydrogen-bond acceptors (Lipinski definition) is 6. The zero-order valence-corrected chi connectivity index (χ0v) is 17.6. The molecular weight excluding hydrogens is 382 g/mol. The highest BCUT2D eigenvalue weighted by Crippen LogP contribution is 2.28. The van der Waals surface area contributed by atoms with E-state index in [1.165, 1.54) is 14.2 Å². The second kappa shape index (κ2) is 9.39. The number of fused-ring (bicyclic) bond motifs is 1. The van der Waals surface area contributed by atoms with Gasteiger partial charge in [-0.15, -0.1) is 0 Å². The largest absolute Gasteiger partial charge is 0.493 e. The standard InChI is InChI=1S/C24H25NO5/c1-15(2)11-17-13-19(18-7-5-6-8-20(18)25-17)24(27)30-14-21(26)16-9-10-22(28-3)23(12-16)29-4/h5-10,12-13,15H,11,14H2,1-4H3. The van der Waals surface area contributed by atoms with Gasteiger partial charge in [-0.25, -0.2) is 4.79 Å². The second-order valence-electron chi connectivity index (χ2n) is 7.35. The molecule has 0 N–H and O–H groups in total. The van der Waals surface area contributed by atoms with Crippen LogP contribution in [0.5, 0.6) is 11.5 Å². The maximum absolute atomic E-state index is 12.8. The van der Waals surface area contributed by atoms with Gasteiger partial charge in [0.2, 0.25) is 0 Å². The third-order valence-electron chi connectivity index (χ3n) is 4.65. The first-order valence-electron chi connectivity index (χ1n) is 9.74. The number of nitrogens with zero attached hydrogens (tertiary/aromatic N) is 1. The first kappa shape index (κ1) is 21.3. The summed E-state index contributed by atoms with van der Waals surface area (Å²) in [6, 6.07) is 14.0. The molecule has 0 bridgehead atoms. The first-order valence-corrected chi connectivity index (χ1v) is 9.74. The molecule has 30 heavy (non-hydrogen) atoms. The van der Waals surface area contributed by atoms with Crippen LogP contribution in [0.3, 0.4) is 0 Å². The zero-order chi connectivity index (χ0) is 21.7. The number of carbonyl (C=O) groups is 2. The van der Waals surface area contributed by atoms with E-state index in [-0.39, 0.29) is 12.4 Å². The number of ketones is 1. The molecular formula is C24H25NO5. The van der Waals surface area contributed by atoms with Crippen molar-refractivity contribution in [3.63, 3.8) is 0 Å². The van der Waals surface area contributed by atoms with Gasteiger partial charge < -0.3 is 14.2 Å². The number of carbonyl (C=O) groups excluding carboxylic acids is 2. The first-order chi connectivity index (χ1) is 14.4. The molecule has 3 rings (SSSR count). The van der Waals surface area contributed by atoms with Crippen molar-refractivity contribution in [1.29, 1.82) is 0 Å². The summed E-state index contributed by atoms with van der Waals surface area (Å²) in [6.45, 7) is 3.82. The SMILES string of the molecule is COc1ccc(C(=O)COC(=O)c2cc(CC(C)C)nc3ccccc23)cc1OC. The predicted octanol–water partition coefficient (Wildman–Crippen LogP) is 4.49. The summed E-state index contributed by atoms with van der Waals surface area (Å²) in [5.41, 5.74) is 2.34. The zero-order valence-electron chi connectivity index (χ0n) is 17.6. The Kier molecular flexibility index (Phi) is 6.67. The Hall–Kier alpha value is -3.41. The quantitative estimate of drug-likeness (QED) is 0.405. The molecule has 0 unspecified atom stereocenters. The fourth-order valence-corrected chi connectivity index (χ4v) is 3.22. The molecule has 3 aromatic rings. The Labute approximate surface area is 175 Å². The molecule has 0 saturated heterocycles. The number of hydrogen-bond donors (Lipinski definition) is 0. The van der Waals surface area contributed by atoms with Gasteiger partial charge in [0.1, 0.15) is 0 Å². The van der Waals surface area contributed by atoms with Crippen molar-refractivity contribution in [1.82, 2.24) is 4.98 Å². The normalized spacial score (nSPS) is 10.8. The molecule has 1 aromatic heterocycles. The number of Topliss-reactive ketones (excluding diaryl/α,β-unsaturated/α-hetero) is 1. The molecule has 156 valence electrons. The lowest BCUT2D eigenvalue weighted by molar-refractivity contribution is 0.0476. The van der Waals surface area contributed by atoms with Gasteiger partial charge in [-0.05, 0) is 42.7 Å². The average Bonchev–Trinajstić information content (AvgIpc) is 2.75. The van der Waals surface area contributed by atoms with Crippen LogP contribution in [0, 0.1) is 5.92 Å². The molecule has 0 aliphatic rings. The number of para-hydroxylation sites is 1. The van der Waals surface area contributed by atoms with Gasteiger partial charge in [-0.2, -0.15) is 0 Å². The van der Waals surface area contributed by atoms with Gasteiger partial charge in [-0.1, -0.05) is 32.0 Å². The van der Waals surface area contributed by atoms with Crippen molar-refractivity contribution in [3.05, 3.63) is 65.4 Å². The summed E-state index contributed by atoms with van der Waals surface area (Å²) in [5, 5.41) is 0.702. The van der Waals surface area contributed by atoms with Crippen LogP contribution in [0.1, 0.15) is 40.3 Å². The van der Waals surface area contributed by atoms with Gasteiger partial charge >= 0.3 is 5.97 Å². The Balaban J connectivity index is 1.80. The van der Waals surface area contributed by atoms with E-state index in [2.05, 4.69) is 18.8 Å². The van der Waals surface area contributed by atoms with Crippen molar-refractivity contribution < 1.29 is 23.8 Å². The van der Waals surface area contributed by atoms with Gasteiger partial charge in [-0.3, -0.25) is 9.78 Å². The molecule has 0 aliphatic carbocycles. The highest BCUT2D eigenvalue weighted by molar-refractivity contribution is 6.05. The van der Waals surface area contributed by atoms with Crippen LogP contribution in [0.2, 0.25) is 0 Å². The van der Waals surface area contributed by atoms with E-state index in [0.29, 0.717) is 33.9 Å². The molecule has 0 atom stereocenters. The molecule has 0 radical (unpaired) electrons. The Morgan fingerprint density at radius 2 is 1.70 bits per heavy atom. The lowest BCUT2D eigenvalue weighted by Crippen LogP contribution is -2.15. The summed E-state index contributed by atoms with van der Waals surface area (Å²) in [7, 11) is 3.02. The van der Waals surface area contributed by atoms with E-state index in [1.54, 1.807) is 24.3 Å². The number of pyridine rings is 1. The summed E-state index contributed by atoms with van der Waals surface area (Å²) in [6.07, 6.45) is 0.746. The Morgan fingerprint density at radius 3 is 2.40 bits per heavy atom. The Bertz CT molecular complexity index is 1070. The predicted molar refractivity (Wildman–Crippen MR) is 114 cm³/mol. The maximum Gasteiger partial charge on any atom is 0.339 e. The molecule has 0 fully saturated rings. The molecule has 2 aromatic carbocycles. The third kappa shape index (κ3) is 4.76. The van der Waals surface area contributed by atoms with Crippen LogP contribution in [-0.4, -0.2) is 37.6 Å². The Morgan fingerprint density at radius 1 is 0.967 bits per heavy atom. The number of esters is 1. The maximum atomic E-state index is 12.8. The lowest BCUT2D eigenvalue weighted by atomic mass is 10.0. The van der Waals surface area contributed by atoms with Crippen molar-refractivity contribution in [3.8, 4) is 11.5 Å². The van der Waals surface area contributed by atoms with Crippen molar-refractivity contribution >= 4 is 22.7 Å². The van der Waals surface area contributed by atoms with E-state index >= 15 is 0 Å². The van der Waals surface area contributed by atoms with Crippen LogP contribution < -0.4 is 9.47 Å². The number of rotatable bonds is 8. The number of methoxy groups -OCH3 is 2. The molecule has 6 heteroatoms. The van der Waals surface area contributed by atoms with Crippen LogP contribution in [-0.2, 0) is 11.2 Å². The van der Waals surface area contributed by atoms with Gasteiger partial charge in [0, 0.05) is 16.6 Å². The minimum absolute atomic E-state index is 0.329. The molecule has 0 aliphatic heterocycles. The fourth-order valence-electron chi connectivity index (χ4n) is 3.22. The molecule has 0 spiro atoms. The number of benzene rings is 2. The highest BCUT2D eigenvalue weighted by atomic mass is 16.5. The summed E-state index contributed by atoms with van der Waals surface area (Å²) in [4.78, 5) is 30.0. The van der Waals surface area contributed by atoms with Crippen LogP contribution in [0.4, 0.5) is 0 Å². The minimum atomic E-state index is -0.549.